The zero-order valence-electron chi connectivity index (χ0n) is 13.0. The number of alkyl halides is 3. The molecule has 1 saturated heterocycles. The molecule has 0 aliphatic carbocycles. The molecular formula is C13H24F3N5O. The summed E-state index contributed by atoms with van der Waals surface area (Å²) in [6.45, 7) is 1.72. The fraction of sp³-hybridized carbons (Fsp3) is 0.846. The van der Waals surface area contributed by atoms with Gasteiger partial charge in [-0.15, -0.1) is 0 Å². The molecule has 0 aromatic heterocycles. The van der Waals surface area contributed by atoms with E-state index in [4.69, 9.17) is 0 Å². The van der Waals surface area contributed by atoms with E-state index in [1.165, 1.54) is 7.05 Å². The summed E-state index contributed by atoms with van der Waals surface area (Å²) in [4.78, 5) is 17.3. The summed E-state index contributed by atoms with van der Waals surface area (Å²) in [6.07, 6.45) is -3.43. The van der Waals surface area contributed by atoms with Gasteiger partial charge in [0.05, 0.1) is 13.0 Å². The van der Waals surface area contributed by atoms with Crippen LogP contribution in [0, 0.1) is 0 Å². The van der Waals surface area contributed by atoms with Crippen molar-refractivity contribution in [2.45, 2.75) is 31.5 Å². The number of hydrogen-bond donors (Lipinski definition) is 3. The van der Waals surface area contributed by atoms with Gasteiger partial charge in [0, 0.05) is 39.8 Å². The van der Waals surface area contributed by atoms with E-state index in [9.17, 15) is 18.0 Å². The average Bonchev–Trinajstić information content (AvgIpc) is 2.46. The number of rotatable bonds is 5. The van der Waals surface area contributed by atoms with Crippen molar-refractivity contribution >= 4 is 11.9 Å². The van der Waals surface area contributed by atoms with Gasteiger partial charge in [-0.2, -0.15) is 13.2 Å². The van der Waals surface area contributed by atoms with Gasteiger partial charge >= 0.3 is 6.18 Å². The highest BCUT2D eigenvalue weighted by Gasteiger charge is 2.26. The second-order valence-electron chi connectivity index (χ2n) is 5.23. The summed E-state index contributed by atoms with van der Waals surface area (Å²) in [7, 11) is 3.14. The van der Waals surface area contributed by atoms with Crippen molar-refractivity contribution < 1.29 is 18.0 Å². The van der Waals surface area contributed by atoms with E-state index in [0.29, 0.717) is 12.5 Å². The molecule has 1 aliphatic rings. The summed E-state index contributed by atoms with van der Waals surface area (Å²) in [5.74, 6) is 0.366. The highest BCUT2D eigenvalue weighted by molar-refractivity contribution is 5.80. The van der Waals surface area contributed by atoms with Crippen molar-refractivity contribution in [2.24, 2.45) is 4.99 Å². The molecular weight excluding hydrogens is 299 g/mol. The van der Waals surface area contributed by atoms with E-state index in [1.807, 2.05) is 0 Å². The normalized spacial score (nSPS) is 18.1. The molecule has 0 aromatic carbocycles. The third kappa shape index (κ3) is 7.48. The predicted octanol–water partition coefficient (Wildman–Crippen LogP) is 0.314. The van der Waals surface area contributed by atoms with Crippen molar-refractivity contribution in [1.82, 2.24) is 20.9 Å². The molecule has 3 N–H and O–H groups in total. The number of amides is 1. The smallest absolute Gasteiger partial charge is 0.358 e. The van der Waals surface area contributed by atoms with Gasteiger partial charge in [0.1, 0.15) is 0 Å². The molecule has 6 nitrogen and oxygen atoms in total. The lowest BCUT2D eigenvalue weighted by molar-refractivity contribution is -0.132. The molecule has 128 valence electrons. The maximum Gasteiger partial charge on any atom is 0.390 e. The third-order valence-corrected chi connectivity index (χ3v) is 3.50. The zero-order valence-corrected chi connectivity index (χ0v) is 13.0. The number of hydrogen-bond acceptors (Lipinski definition) is 3. The van der Waals surface area contributed by atoms with Crippen molar-refractivity contribution in [3.05, 3.63) is 0 Å². The Morgan fingerprint density at radius 2 is 1.95 bits per heavy atom. The van der Waals surface area contributed by atoms with Crippen molar-refractivity contribution in [2.75, 3.05) is 40.3 Å². The Hall–Kier alpha value is -1.51. The van der Waals surface area contributed by atoms with Crippen LogP contribution in [0.1, 0.15) is 19.3 Å². The van der Waals surface area contributed by atoms with Crippen LogP contribution in [0.15, 0.2) is 4.99 Å². The number of carbonyl (C=O) groups is 1. The fourth-order valence-corrected chi connectivity index (χ4v) is 2.23. The Labute approximate surface area is 128 Å². The van der Waals surface area contributed by atoms with Gasteiger partial charge in [-0.1, -0.05) is 0 Å². The number of nitrogens with one attached hydrogen (secondary N) is 3. The quantitative estimate of drug-likeness (QED) is 0.503. The SMILES string of the molecule is CN=C(NCCC(F)(F)F)NC1CCN(CC(=O)NC)CC1. The van der Waals surface area contributed by atoms with Crippen LogP contribution >= 0.6 is 0 Å². The molecule has 0 unspecified atom stereocenters. The van der Waals surface area contributed by atoms with Crippen LogP contribution in [-0.2, 0) is 4.79 Å². The Kier molecular flexibility index (Phi) is 7.43. The molecule has 22 heavy (non-hydrogen) atoms. The molecule has 1 heterocycles. The van der Waals surface area contributed by atoms with Crippen LogP contribution in [0.4, 0.5) is 13.2 Å². The van der Waals surface area contributed by atoms with E-state index in [1.54, 1.807) is 7.05 Å². The van der Waals surface area contributed by atoms with Gasteiger partial charge in [-0.25, -0.2) is 0 Å². The first-order chi connectivity index (χ1) is 10.3. The molecule has 0 radical (unpaired) electrons. The first-order valence-corrected chi connectivity index (χ1v) is 7.31. The predicted molar refractivity (Wildman–Crippen MR) is 78.7 cm³/mol. The van der Waals surface area contributed by atoms with Gasteiger partial charge in [-0.05, 0) is 12.8 Å². The number of piperidine rings is 1. The number of halogens is 3. The van der Waals surface area contributed by atoms with Gasteiger partial charge in [0.25, 0.3) is 0 Å². The van der Waals surface area contributed by atoms with Gasteiger partial charge in [0.15, 0.2) is 5.96 Å². The Bertz CT molecular complexity index is 378. The number of guanidine groups is 1. The average molecular weight is 323 g/mol. The standard InChI is InChI=1S/C13H24F3N5O/c1-17-11(22)9-21-7-3-10(4-8-21)20-12(18-2)19-6-5-13(14,15)16/h10H,3-9H2,1-2H3,(H,17,22)(H2,18,19,20). The number of carbonyl (C=O) groups excluding carboxylic acids is 1. The highest BCUT2D eigenvalue weighted by Crippen LogP contribution is 2.18. The first-order valence-electron chi connectivity index (χ1n) is 7.31. The maximum absolute atomic E-state index is 12.1. The Morgan fingerprint density at radius 1 is 1.32 bits per heavy atom. The molecule has 1 aliphatic heterocycles. The van der Waals surface area contributed by atoms with Crippen LogP contribution in [0.3, 0.4) is 0 Å². The molecule has 0 atom stereocenters. The van der Waals surface area contributed by atoms with Crippen LogP contribution in [0.5, 0.6) is 0 Å². The lowest BCUT2D eigenvalue weighted by atomic mass is 10.1. The fourth-order valence-electron chi connectivity index (χ4n) is 2.23. The van der Waals surface area contributed by atoms with Crippen LogP contribution < -0.4 is 16.0 Å². The van der Waals surface area contributed by atoms with E-state index in [2.05, 4.69) is 25.8 Å². The minimum atomic E-state index is -4.17. The molecule has 1 fully saturated rings. The summed E-state index contributed by atoms with van der Waals surface area (Å²) >= 11 is 0. The molecule has 0 saturated carbocycles. The highest BCUT2D eigenvalue weighted by atomic mass is 19.4. The van der Waals surface area contributed by atoms with Crippen LogP contribution in [0.2, 0.25) is 0 Å². The molecule has 0 bridgehead atoms. The number of nitrogens with zero attached hydrogens (tertiary/aromatic N) is 2. The van der Waals surface area contributed by atoms with Gasteiger partial charge in [0.2, 0.25) is 5.91 Å². The second-order valence-corrected chi connectivity index (χ2v) is 5.23. The number of aliphatic imine (C=N–C) groups is 1. The van der Waals surface area contributed by atoms with Crippen molar-refractivity contribution in [3.63, 3.8) is 0 Å². The third-order valence-electron chi connectivity index (χ3n) is 3.50. The van der Waals surface area contributed by atoms with E-state index >= 15 is 0 Å². The summed E-state index contributed by atoms with van der Waals surface area (Å²) < 4.78 is 36.3. The van der Waals surface area contributed by atoms with Crippen LogP contribution in [-0.4, -0.2) is 69.3 Å². The first kappa shape index (κ1) is 18.5. The Morgan fingerprint density at radius 3 is 2.45 bits per heavy atom. The second kappa shape index (κ2) is 8.82. The Balaban J connectivity index is 2.27. The molecule has 1 rings (SSSR count). The summed E-state index contributed by atoms with van der Waals surface area (Å²) in [6, 6.07) is 0.151. The zero-order chi connectivity index (χ0) is 16.6. The number of likely N-dealkylation sites (tertiary alicyclic amines) is 1. The number of likely N-dealkylation sites (N-methyl/N-ethyl adjacent to an activating group) is 1. The van der Waals surface area contributed by atoms with Gasteiger partial charge < -0.3 is 16.0 Å². The summed E-state index contributed by atoms with van der Waals surface area (Å²) in [5.41, 5.74) is 0. The van der Waals surface area contributed by atoms with Crippen molar-refractivity contribution in [1.29, 1.82) is 0 Å². The minimum absolute atomic E-state index is 0.0176. The van der Waals surface area contributed by atoms with Crippen molar-refractivity contribution in [3.8, 4) is 0 Å². The lowest BCUT2D eigenvalue weighted by Gasteiger charge is -2.32. The van der Waals surface area contributed by atoms with Gasteiger partial charge in [-0.3, -0.25) is 14.7 Å². The minimum Gasteiger partial charge on any atom is -0.358 e. The molecule has 1 amide bonds. The molecule has 0 aromatic rings. The largest absolute Gasteiger partial charge is 0.390 e. The molecule has 0 spiro atoms. The lowest BCUT2D eigenvalue weighted by Crippen LogP contribution is -2.50. The van der Waals surface area contributed by atoms with Crippen LogP contribution in [0.25, 0.3) is 0 Å². The summed E-state index contributed by atoms with van der Waals surface area (Å²) in [5, 5.41) is 8.37. The van der Waals surface area contributed by atoms with E-state index < -0.39 is 12.6 Å². The van der Waals surface area contributed by atoms with E-state index in [-0.39, 0.29) is 18.5 Å². The van der Waals surface area contributed by atoms with E-state index in [0.717, 1.165) is 25.9 Å². The molecule has 9 heteroatoms. The monoisotopic (exact) mass is 323 g/mol. The topological polar surface area (TPSA) is 68.8 Å². The maximum atomic E-state index is 12.1.